The van der Waals surface area contributed by atoms with Crippen molar-refractivity contribution in [2.45, 2.75) is 11.7 Å². The second-order valence-electron chi connectivity index (χ2n) is 5.96. The van der Waals surface area contributed by atoms with Crippen LogP contribution in [0, 0.1) is 0 Å². The van der Waals surface area contributed by atoms with Crippen molar-refractivity contribution in [3.63, 3.8) is 0 Å². The zero-order valence-corrected chi connectivity index (χ0v) is 14.6. The molecule has 2 aromatic heterocycles. The van der Waals surface area contributed by atoms with Gasteiger partial charge >= 0.3 is 0 Å². The van der Waals surface area contributed by atoms with E-state index >= 15 is 0 Å². The summed E-state index contributed by atoms with van der Waals surface area (Å²) in [5.41, 5.74) is 1.60. The van der Waals surface area contributed by atoms with Crippen molar-refractivity contribution in [2.75, 3.05) is 18.8 Å². The third-order valence-corrected chi connectivity index (χ3v) is 5.64. The summed E-state index contributed by atoms with van der Waals surface area (Å²) in [7, 11) is 0. The minimum atomic E-state index is 0.0784. The molecule has 1 aliphatic rings. The van der Waals surface area contributed by atoms with Gasteiger partial charge in [-0.15, -0.1) is 11.8 Å². The Kier molecular flexibility index (Phi) is 4.61. The average Bonchev–Trinajstić information content (AvgIpc) is 3.32. The van der Waals surface area contributed by atoms with Gasteiger partial charge in [0.2, 0.25) is 0 Å². The molecular weight excluding hydrogens is 334 g/mol. The van der Waals surface area contributed by atoms with Gasteiger partial charge in [-0.3, -0.25) is 4.79 Å². The highest BCUT2D eigenvalue weighted by atomic mass is 32.2. The molecular formula is C19H19N3O2S. The number of amides is 1. The Hall–Kier alpha value is -2.47. The zero-order chi connectivity index (χ0) is 17.1. The van der Waals surface area contributed by atoms with Gasteiger partial charge in [-0.1, -0.05) is 6.07 Å². The molecule has 1 fully saturated rings. The van der Waals surface area contributed by atoms with E-state index in [1.165, 1.54) is 0 Å². The number of carbonyl (C=O) groups excluding carboxylic acids is 1. The third-order valence-electron chi connectivity index (χ3n) is 4.35. The lowest BCUT2D eigenvalue weighted by atomic mass is 10.1. The predicted molar refractivity (Wildman–Crippen MR) is 98.0 cm³/mol. The number of furan rings is 1. The Morgan fingerprint density at radius 1 is 1.20 bits per heavy atom. The summed E-state index contributed by atoms with van der Waals surface area (Å²) in [4.78, 5) is 14.9. The normalized spacial score (nSPS) is 18.1. The van der Waals surface area contributed by atoms with E-state index in [1.807, 2.05) is 65.3 Å². The molecule has 1 amide bonds. The second kappa shape index (κ2) is 7.19. The summed E-state index contributed by atoms with van der Waals surface area (Å²) < 4.78 is 7.30. The van der Waals surface area contributed by atoms with E-state index in [4.69, 9.17) is 4.42 Å². The number of benzene rings is 1. The second-order valence-corrected chi connectivity index (χ2v) is 7.27. The molecule has 3 aromatic rings. The highest BCUT2D eigenvalue weighted by Gasteiger charge is 2.24. The van der Waals surface area contributed by atoms with Crippen LogP contribution in [-0.2, 0) is 0 Å². The monoisotopic (exact) mass is 353 g/mol. The van der Waals surface area contributed by atoms with Crippen LogP contribution in [0.3, 0.4) is 0 Å². The highest BCUT2D eigenvalue weighted by Crippen LogP contribution is 2.34. The van der Waals surface area contributed by atoms with E-state index in [1.54, 1.807) is 17.1 Å². The van der Waals surface area contributed by atoms with Gasteiger partial charge in [0.05, 0.1) is 17.2 Å². The van der Waals surface area contributed by atoms with Crippen molar-refractivity contribution < 1.29 is 9.21 Å². The number of rotatable bonds is 3. The molecule has 1 aliphatic heterocycles. The molecule has 1 saturated heterocycles. The Bertz CT molecular complexity index is 830. The fourth-order valence-electron chi connectivity index (χ4n) is 3.06. The molecule has 0 spiro atoms. The molecule has 1 atom stereocenters. The molecule has 3 heterocycles. The van der Waals surface area contributed by atoms with E-state index in [-0.39, 0.29) is 5.91 Å². The van der Waals surface area contributed by atoms with Crippen molar-refractivity contribution in [1.29, 1.82) is 0 Å². The van der Waals surface area contributed by atoms with E-state index in [0.717, 1.165) is 36.7 Å². The van der Waals surface area contributed by atoms with Crippen LogP contribution in [0.5, 0.6) is 0 Å². The van der Waals surface area contributed by atoms with Crippen molar-refractivity contribution in [3.05, 3.63) is 72.4 Å². The number of nitrogens with zero attached hydrogens (tertiary/aromatic N) is 3. The predicted octanol–water partition coefficient (Wildman–Crippen LogP) is 3.79. The summed E-state index contributed by atoms with van der Waals surface area (Å²) in [6.45, 7) is 1.50. The Morgan fingerprint density at radius 2 is 2.16 bits per heavy atom. The van der Waals surface area contributed by atoms with Gasteiger partial charge in [0.15, 0.2) is 0 Å². The van der Waals surface area contributed by atoms with Gasteiger partial charge in [0, 0.05) is 36.8 Å². The summed E-state index contributed by atoms with van der Waals surface area (Å²) >= 11 is 1.86. The third kappa shape index (κ3) is 3.49. The fourth-order valence-corrected chi connectivity index (χ4v) is 4.24. The van der Waals surface area contributed by atoms with Gasteiger partial charge in [-0.25, -0.2) is 4.68 Å². The summed E-state index contributed by atoms with van der Waals surface area (Å²) in [5, 5.41) is 4.55. The molecule has 6 heteroatoms. The molecule has 0 aliphatic carbocycles. The lowest BCUT2D eigenvalue weighted by molar-refractivity contribution is 0.0766. The number of thioether (sulfide) groups is 1. The smallest absolute Gasteiger partial charge is 0.253 e. The SMILES string of the molecule is O=C(c1cccc(-n2cccn2)c1)N1CCS[C@@H](c2ccco2)CC1. The standard InChI is InChI=1S/C19H19N3O2S/c23-19(15-4-1-5-16(14-15)22-9-3-8-20-22)21-10-7-18(25-13-11-21)17-6-2-12-24-17/h1-6,8-9,12,14,18H,7,10-11,13H2/t18-/m1/s1. The number of hydrogen-bond donors (Lipinski definition) is 0. The van der Waals surface area contributed by atoms with E-state index < -0.39 is 0 Å². The van der Waals surface area contributed by atoms with Gasteiger partial charge < -0.3 is 9.32 Å². The van der Waals surface area contributed by atoms with Gasteiger partial charge in [0.25, 0.3) is 5.91 Å². The largest absolute Gasteiger partial charge is 0.468 e. The molecule has 0 saturated carbocycles. The van der Waals surface area contributed by atoms with Gasteiger partial charge in [-0.2, -0.15) is 5.10 Å². The molecule has 0 N–H and O–H groups in total. The van der Waals surface area contributed by atoms with Crippen molar-refractivity contribution in [1.82, 2.24) is 14.7 Å². The van der Waals surface area contributed by atoms with Crippen LogP contribution in [0.4, 0.5) is 0 Å². The molecule has 25 heavy (non-hydrogen) atoms. The number of carbonyl (C=O) groups is 1. The van der Waals surface area contributed by atoms with Crippen LogP contribution in [0.1, 0.15) is 27.8 Å². The lowest BCUT2D eigenvalue weighted by Crippen LogP contribution is -2.33. The average molecular weight is 353 g/mol. The first-order valence-electron chi connectivity index (χ1n) is 8.35. The highest BCUT2D eigenvalue weighted by molar-refractivity contribution is 7.99. The van der Waals surface area contributed by atoms with Gasteiger partial charge in [0.1, 0.15) is 5.76 Å². The quantitative estimate of drug-likeness (QED) is 0.719. The Labute approximate surface area is 150 Å². The first kappa shape index (κ1) is 16.0. The molecule has 0 bridgehead atoms. The maximum atomic E-state index is 12.9. The number of hydrogen-bond acceptors (Lipinski definition) is 4. The Balaban J connectivity index is 1.48. The summed E-state index contributed by atoms with van der Waals surface area (Å²) in [5.74, 6) is 1.99. The van der Waals surface area contributed by atoms with Crippen LogP contribution >= 0.6 is 11.8 Å². The van der Waals surface area contributed by atoms with Crippen molar-refractivity contribution in [3.8, 4) is 5.69 Å². The zero-order valence-electron chi connectivity index (χ0n) is 13.7. The Morgan fingerprint density at radius 3 is 2.96 bits per heavy atom. The van der Waals surface area contributed by atoms with E-state index in [0.29, 0.717) is 10.8 Å². The molecule has 1 aromatic carbocycles. The minimum Gasteiger partial charge on any atom is -0.468 e. The summed E-state index contributed by atoms with van der Waals surface area (Å²) in [6.07, 6.45) is 6.22. The number of aromatic nitrogens is 2. The van der Waals surface area contributed by atoms with Crippen LogP contribution in [0.15, 0.2) is 65.5 Å². The first-order valence-corrected chi connectivity index (χ1v) is 9.40. The molecule has 0 radical (unpaired) electrons. The topological polar surface area (TPSA) is 51.3 Å². The van der Waals surface area contributed by atoms with Crippen molar-refractivity contribution >= 4 is 17.7 Å². The van der Waals surface area contributed by atoms with Crippen molar-refractivity contribution in [2.24, 2.45) is 0 Å². The van der Waals surface area contributed by atoms with Crippen LogP contribution in [0.25, 0.3) is 5.69 Å². The molecule has 5 nitrogen and oxygen atoms in total. The lowest BCUT2D eigenvalue weighted by Gasteiger charge is -2.20. The van der Waals surface area contributed by atoms with Crippen LogP contribution in [-0.4, -0.2) is 39.4 Å². The van der Waals surface area contributed by atoms with E-state index in [9.17, 15) is 4.79 Å². The molecule has 4 rings (SSSR count). The fraction of sp³-hybridized carbons (Fsp3) is 0.263. The van der Waals surface area contributed by atoms with E-state index in [2.05, 4.69) is 5.10 Å². The maximum absolute atomic E-state index is 12.9. The molecule has 128 valence electrons. The minimum absolute atomic E-state index is 0.0784. The first-order chi connectivity index (χ1) is 12.3. The molecule has 0 unspecified atom stereocenters. The van der Waals surface area contributed by atoms with Crippen LogP contribution < -0.4 is 0 Å². The van der Waals surface area contributed by atoms with Crippen LogP contribution in [0.2, 0.25) is 0 Å². The maximum Gasteiger partial charge on any atom is 0.253 e. The summed E-state index contributed by atoms with van der Waals surface area (Å²) in [6, 6.07) is 13.4. The van der Waals surface area contributed by atoms with Gasteiger partial charge in [-0.05, 0) is 42.8 Å².